The van der Waals surface area contributed by atoms with Gasteiger partial charge in [0.2, 0.25) is 5.69 Å². The molecule has 2 heterocycles. The predicted molar refractivity (Wildman–Crippen MR) is 147 cm³/mol. The van der Waals surface area contributed by atoms with Crippen molar-refractivity contribution in [2.45, 2.75) is 13.8 Å². The molecule has 0 unspecified atom stereocenters. The fraction of sp³-hybridized carbons (Fsp3) is 0.0909. The molecule has 37 heavy (non-hydrogen) atoms. The van der Waals surface area contributed by atoms with Crippen LogP contribution in [-0.4, -0.2) is 0 Å². The molecule has 0 radical (unpaired) electrons. The highest BCUT2D eigenvalue weighted by atomic mass is 19.1. The summed E-state index contributed by atoms with van der Waals surface area (Å²) in [4.78, 5) is 3.80. The molecule has 0 N–H and O–H groups in total. The number of aromatic nitrogens is 1. The zero-order valence-corrected chi connectivity index (χ0v) is 20.8. The van der Waals surface area contributed by atoms with Crippen molar-refractivity contribution in [3.8, 4) is 33.5 Å². The monoisotopic (exact) mass is 483 g/mol. The predicted octanol–water partition coefficient (Wildman–Crippen LogP) is 8.72. The van der Waals surface area contributed by atoms with E-state index in [2.05, 4.69) is 41.2 Å². The van der Waals surface area contributed by atoms with Gasteiger partial charge >= 0.3 is 0 Å². The van der Waals surface area contributed by atoms with Crippen molar-refractivity contribution >= 4 is 27.6 Å². The van der Waals surface area contributed by atoms with Crippen molar-refractivity contribution in [2.24, 2.45) is 7.05 Å². The van der Waals surface area contributed by atoms with Gasteiger partial charge in [0.05, 0.1) is 12.1 Å². The molecule has 4 heteroatoms. The van der Waals surface area contributed by atoms with E-state index in [0.717, 1.165) is 49.8 Å². The minimum atomic E-state index is -0.262. The molecule has 0 atom stereocenters. The van der Waals surface area contributed by atoms with Crippen LogP contribution in [0.15, 0.2) is 95.5 Å². The lowest BCUT2D eigenvalue weighted by atomic mass is 9.97. The Balaban J connectivity index is 1.61. The Hall–Kier alpha value is -4.75. The summed E-state index contributed by atoms with van der Waals surface area (Å²) in [6.45, 7) is 11.6. The number of furan rings is 1. The second-order valence-corrected chi connectivity index (χ2v) is 9.43. The third kappa shape index (κ3) is 3.68. The maximum atomic E-state index is 14.7. The van der Waals surface area contributed by atoms with Crippen molar-refractivity contribution in [1.82, 2.24) is 0 Å². The molecule has 0 aliphatic rings. The van der Waals surface area contributed by atoms with Crippen molar-refractivity contribution in [2.75, 3.05) is 0 Å². The summed E-state index contributed by atoms with van der Waals surface area (Å²) in [7, 11) is 1.91. The molecule has 2 aromatic heterocycles. The van der Waals surface area contributed by atoms with Crippen LogP contribution in [-0.2, 0) is 7.05 Å². The first-order valence-corrected chi connectivity index (χ1v) is 12.1. The van der Waals surface area contributed by atoms with Gasteiger partial charge in [0.1, 0.15) is 24.0 Å². The summed E-state index contributed by atoms with van der Waals surface area (Å²) < 4.78 is 23.2. The molecule has 4 aromatic carbocycles. The molecular formula is C33H24FN2O+. The van der Waals surface area contributed by atoms with Crippen molar-refractivity contribution in [1.29, 1.82) is 0 Å². The molecule has 0 bridgehead atoms. The number of halogens is 1. The maximum Gasteiger partial charge on any atom is 0.219 e. The number of fused-ring (bicyclic) bond motifs is 3. The number of aryl methyl sites for hydroxylation is 3. The number of benzene rings is 4. The van der Waals surface area contributed by atoms with Crippen LogP contribution < -0.4 is 4.57 Å². The van der Waals surface area contributed by atoms with Gasteiger partial charge in [0.25, 0.3) is 0 Å². The molecule has 6 aromatic rings. The normalized spacial score (nSPS) is 11.2. The lowest BCUT2D eigenvalue weighted by Gasteiger charge is -2.07. The van der Waals surface area contributed by atoms with E-state index in [9.17, 15) is 4.39 Å². The minimum absolute atomic E-state index is 0.262. The van der Waals surface area contributed by atoms with E-state index in [1.165, 1.54) is 0 Å². The second kappa shape index (κ2) is 8.72. The molecule has 3 nitrogen and oxygen atoms in total. The molecule has 0 aliphatic carbocycles. The molecule has 178 valence electrons. The number of pyridine rings is 1. The highest BCUT2D eigenvalue weighted by Gasteiger charge is 2.24. The van der Waals surface area contributed by atoms with Gasteiger partial charge in [-0.2, -0.15) is 0 Å². The van der Waals surface area contributed by atoms with Gasteiger partial charge in [0, 0.05) is 28.0 Å². The first-order valence-electron chi connectivity index (χ1n) is 12.1. The van der Waals surface area contributed by atoms with Crippen molar-refractivity contribution in [3.05, 3.63) is 119 Å². The van der Waals surface area contributed by atoms with Crippen LogP contribution in [0, 0.1) is 26.2 Å². The Bertz CT molecular complexity index is 1860. The number of hydrogen-bond donors (Lipinski definition) is 0. The number of nitrogens with zero attached hydrogens (tertiary/aromatic N) is 2. The average Bonchev–Trinajstić information content (AvgIpc) is 3.31. The molecule has 6 rings (SSSR count). The molecular weight excluding hydrogens is 459 g/mol. The highest BCUT2D eigenvalue weighted by Crippen LogP contribution is 2.44. The Morgan fingerprint density at radius 3 is 2.22 bits per heavy atom. The molecule has 0 aliphatic heterocycles. The van der Waals surface area contributed by atoms with Gasteiger partial charge in [-0.25, -0.2) is 13.8 Å². The van der Waals surface area contributed by atoms with Gasteiger partial charge < -0.3 is 4.42 Å². The van der Waals surface area contributed by atoms with Gasteiger partial charge in [-0.3, -0.25) is 0 Å². The summed E-state index contributed by atoms with van der Waals surface area (Å²) in [5.74, 6) is -0.262. The van der Waals surface area contributed by atoms with Crippen molar-refractivity contribution < 1.29 is 13.4 Å². The molecule has 0 spiro atoms. The zero-order chi connectivity index (χ0) is 25.7. The summed E-state index contributed by atoms with van der Waals surface area (Å²) in [6, 6.07) is 28.0. The first kappa shape index (κ1) is 22.7. The summed E-state index contributed by atoms with van der Waals surface area (Å²) in [5, 5.41) is 1.64. The van der Waals surface area contributed by atoms with Crippen molar-refractivity contribution in [3.63, 3.8) is 0 Å². The third-order valence-electron chi connectivity index (χ3n) is 7.06. The van der Waals surface area contributed by atoms with E-state index in [-0.39, 0.29) is 5.82 Å². The fourth-order valence-electron chi connectivity index (χ4n) is 5.14. The molecule has 0 fully saturated rings. The van der Waals surface area contributed by atoms with Crippen LogP contribution in [0.4, 0.5) is 10.1 Å². The van der Waals surface area contributed by atoms with Crippen LogP contribution in [0.1, 0.15) is 11.1 Å². The van der Waals surface area contributed by atoms with Crippen LogP contribution in [0.3, 0.4) is 0 Å². The van der Waals surface area contributed by atoms with E-state index in [1.54, 1.807) is 19.2 Å². The number of rotatable bonds is 3. The van der Waals surface area contributed by atoms with Gasteiger partial charge in [-0.15, -0.1) is 0 Å². The Morgan fingerprint density at radius 1 is 0.784 bits per heavy atom. The SMILES string of the molecule is [C-]#[N+]c1ccc(-c2ccc(-c3ccccc3)cc2)c2oc3c(-c4cc(F)c(C)c[n+]4C)c(C)ccc3c12. The average molecular weight is 484 g/mol. The summed E-state index contributed by atoms with van der Waals surface area (Å²) in [6.07, 6.45) is 1.79. The van der Waals surface area contributed by atoms with Crippen LogP contribution in [0.2, 0.25) is 0 Å². The second-order valence-electron chi connectivity index (χ2n) is 9.43. The lowest BCUT2D eigenvalue weighted by molar-refractivity contribution is -0.661. The zero-order valence-electron chi connectivity index (χ0n) is 20.8. The molecule has 0 saturated carbocycles. The van der Waals surface area contributed by atoms with E-state index >= 15 is 0 Å². The van der Waals surface area contributed by atoms with E-state index in [4.69, 9.17) is 11.0 Å². The van der Waals surface area contributed by atoms with E-state index in [0.29, 0.717) is 22.4 Å². The van der Waals surface area contributed by atoms with Gasteiger partial charge in [0.15, 0.2) is 11.9 Å². The first-order chi connectivity index (χ1) is 18.0. The standard InChI is InChI=1S/C33H24FN2O/c1-20-10-15-26-31-28(35-3)17-16-25(24-13-11-23(12-14-24)22-8-6-5-7-9-22)32(31)37-33(26)30(20)29-18-27(34)21(2)19-36(29)4/h5-19H,1-2,4H3/q+1. The van der Waals surface area contributed by atoms with Crippen LogP contribution >= 0.6 is 0 Å². The number of hydrogen-bond acceptors (Lipinski definition) is 1. The topological polar surface area (TPSA) is 21.4 Å². The Morgan fingerprint density at radius 2 is 1.49 bits per heavy atom. The fourth-order valence-corrected chi connectivity index (χ4v) is 5.14. The summed E-state index contributed by atoms with van der Waals surface area (Å²) in [5.41, 5.74) is 9.18. The maximum absolute atomic E-state index is 14.7. The quantitative estimate of drug-likeness (QED) is 0.182. The third-order valence-corrected chi connectivity index (χ3v) is 7.06. The van der Waals surface area contributed by atoms with E-state index in [1.807, 2.05) is 61.0 Å². The van der Waals surface area contributed by atoms with Gasteiger partial charge in [-0.1, -0.05) is 78.9 Å². The molecule has 0 saturated heterocycles. The van der Waals surface area contributed by atoms with Crippen LogP contribution in [0.5, 0.6) is 0 Å². The summed E-state index contributed by atoms with van der Waals surface area (Å²) >= 11 is 0. The Labute approximate surface area is 214 Å². The van der Waals surface area contributed by atoms with E-state index < -0.39 is 0 Å². The smallest absolute Gasteiger partial charge is 0.219 e. The highest BCUT2D eigenvalue weighted by molar-refractivity contribution is 6.18. The van der Waals surface area contributed by atoms with Gasteiger partial charge in [-0.05, 0) is 36.1 Å². The largest absolute Gasteiger partial charge is 0.456 e. The Kier molecular flexibility index (Phi) is 5.35. The van der Waals surface area contributed by atoms with Crippen LogP contribution in [0.25, 0.3) is 60.3 Å². The molecule has 0 amide bonds. The minimum Gasteiger partial charge on any atom is -0.456 e. The lowest BCUT2D eigenvalue weighted by Crippen LogP contribution is -2.31.